The van der Waals surface area contributed by atoms with Crippen LogP contribution in [0.4, 0.5) is 11.5 Å². The monoisotopic (exact) mass is 442 g/mol. The van der Waals surface area contributed by atoms with Crippen LogP contribution < -0.4 is 15.5 Å². The van der Waals surface area contributed by atoms with E-state index in [1.807, 2.05) is 37.3 Å². The number of piperidine rings is 1. The Bertz CT molecular complexity index is 1080. The molecule has 1 aromatic heterocycles. The van der Waals surface area contributed by atoms with E-state index >= 15 is 0 Å². The molecule has 3 aromatic rings. The SMILES string of the molecule is Cc1ccc(CNC(=O)C2CCN(c3ccc(C(=O)Nc4ccc(C)cc4)cn3)CC2)cc1. The van der Waals surface area contributed by atoms with Crippen molar-refractivity contribution in [2.75, 3.05) is 23.3 Å². The molecule has 33 heavy (non-hydrogen) atoms. The van der Waals surface area contributed by atoms with Crippen molar-refractivity contribution in [1.82, 2.24) is 10.3 Å². The first-order valence-electron chi connectivity index (χ1n) is 11.4. The van der Waals surface area contributed by atoms with Crippen LogP contribution in [0.1, 0.15) is 39.9 Å². The molecule has 0 spiro atoms. The first kappa shape index (κ1) is 22.5. The van der Waals surface area contributed by atoms with Gasteiger partial charge in [0.25, 0.3) is 5.91 Å². The van der Waals surface area contributed by atoms with Crippen molar-refractivity contribution >= 4 is 23.3 Å². The molecule has 0 unspecified atom stereocenters. The van der Waals surface area contributed by atoms with Gasteiger partial charge in [0, 0.05) is 37.4 Å². The van der Waals surface area contributed by atoms with Crippen LogP contribution in [-0.2, 0) is 11.3 Å². The highest BCUT2D eigenvalue weighted by Crippen LogP contribution is 2.22. The molecule has 2 N–H and O–H groups in total. The van der Waals surface area contributed by atoms with Gasteiger partial charge in [-0.1, -0.05) is 47.5 Å². The summed E-state index contributed by atoms with van der Waals surface area (Å²) in [5, 5.41) is 5.96. The minimum absolute atomic E-state index is 0.0197. The van der Waals surface area contributed by atoms with E-state index in [0.29, 0.717) is 12.1 Å². The molecule has 6 heteroatoms. The van der Waals surface area contributed by atoms with Crippen molar-refractivity contribution in [3.63, 3.8) is 0 Å². The number of nitrogens with one attached hydrogen (secondary N) is 2. The second-order valence-corrected chi connectivity index (χ2v) is 8.69. The maximum Gasteiger partial charge on any atom is 0.257 e. The number of carbonyl (C=O) groups is 2. The zero-order valence-corrected chi connectivity index (χ0v) is 19.2. The fourth-order valence-corrected chi connectivity index (χ4v) is 3.96. The normalized spacial score (nSPS) is 14.1. The summed E-state index contributed by atoms with van der Waals surface area (Å²) < 4.78 is 0. The summed E-state index contributed by atoms with van der Waals surface area (Å²) >= 11 is 0. The average Bonchev–Trinajstić information content (AvgIpc) is 2.85. The number of amides is 2. The first-order valence-corrected chi connectivity index (χ1v) is 11.4. The Morgan fingerprint density at radius 1 is 0.909 bits per heavy atom. The summed E-state index contributed by atoms with van der Waals surface area (Å²) in [6.45, 7) is 6.16. The van der Waals surface area contributed by atoms with Gasteiger partial charge in [-0.15, -0.1) is 0 Å². The number of pyridine rings is 1. The number of nitrogens with zero attached hydrogens (tertiary/aromatic N) is 2. The third-order valence-electron chi connectivity index (χ3n) is 6.10. The van der Waals surface area contributed by atoms with Crippen molar-refractivity contribution in [1.29, 1.82) is 0 Å². The van der Waals surface area contributed by atoms with Gasteiger partial charge in [0.15, 0.2) is 0 Å². The summed E-state index contributed by atoms with van der Waals surface area (Å²) in [6, 6.07) is 19.6. The number of aromatic nitrogens is 1. The lowest BCUT2D eigenvalue weighted by Gasteiger charge is -2.32. The quantitative estimate of drug-likeness (QED) is 0.590. The summed E-state index contributed by atoms with van der Waals surface area (Å²) in [5.74, 6) is 0.792. The Labute approximate surface area is 195 Å². The van der Waals surface area contributed by atoms with E-state index in [1.165, 1.54) is 5.56 Å². The van der Waals surface area contributed by atoms with Crippen molar-refractivity contribution in [2.45, 2.75) is 33.2 Å². The van der Waals surface area contributed by atoms with Crippen LogP contribution in [0, 0.1) is 19.8 Å². The van der Waals surface area contributed by atoms with Crippen LogP contribution in [0.2, 0.25) is 0 Å². The summed E-state index contributed by atoms with van der Waals surface area (Å²) in [7, 11) is 0. The smallest absolute Gasteiger partial charge is 0.257 e. The van der Waals surface area contributed by atoms with Gasteiger partial charge in [-0.3, -0.25) is 9.59 Å². The summed E-state index contributed by atoms with van der Waals surface area (Å²) in [4.78, 5) is 31.7. The maximum absolute atomic E-state index is 12.6. The number of hydrogen-bond donors (Lipinski definition) is 2. The molecule has 0 saturated carbocycles. The van der Waals surface area contributed by atoms with Crippen LogP contribution in [0.5, 0.6) is 0 Å². The summed E-state index contributed by atoms with van der Waals surface area (Å²) in [5.41, 5.74) is 4.75. The van der Waals surface area contributed by atoms with E-state index in [2.05, 4.69) is 51.7 Å². The van der Waals surface area contributed by atoms with Gasteiger partial charge in [-0.25, -0.2) is 4.98 Å². The van der Waals surface area contributed by atoms with Gasteiger partial charge in [0.1, 0.15) is 5.82 Å². The Morgan fingerprint density at radius 2 is 1.55 bits per heavy atom. The van der Waals surface area contributed by atoms with E-state index in [9.17, 15) is 9.59 Å². The highest BCUT2D eigenvalue weighted by molar-refractivity contribution is 6.04. The molecular formula is C27H30N4O2. The highest BCUT2D eigenvalue weighted by Gasteiger charge is 2.25. The largest absolute Gasteiger partial charge is 0.357 e. The van der Waals surface area contributed by atoms with Gasteiger partial charge in [-0.2, -0.15) is 0 Å². The van der Waals surface area contributed by atoms with Crippen LogP contribution in [0.25, 0.3) is 0 Å². The van der Waals surface area contributed by atoms with Crippen LogP contribution in [0.15, 0.2) is 66.9 Å². The first-order chi connectivity index (χ1) is 16.0. The number of benzene rings is 2. The molecule has 0 atom stereocenters. The van der Waals surface area contributed by atoms with E-state index in [-0.39, 0.29) is 17.7 Å². The number of hydrogen-bond acceptors (Lipinski definition) is 4. The van der Waals surface area contributed by atoms with E-state index in [1.54, 1.807) is 12.3 Å². The van der Waals surface area contributed by atoms with Gasteiger partial charge in [0.05, 0.1) is 5.56 Å². The molecule has 0 aliphatic carbocycles. The van der Waals surface area contributed by atoms with Crippen molar-refractivity contribution in [3.05, 3.63) is 89.1 Å². The molecule has 1 aliphatic heterocycles. The molecule has 2 amide bonds. The zero-order valence-electron chi connectivity index (χ0n) is 19.2. The Morgan fingerprint density at radius 3 is 2.15 bits per heavy atom. The van der Waals surface area contributed by atoms with Gasteiger partial charge in [-0.05, 0) is 56.5 Å². The number of aryl methyl sites for hydroxylation is 2. The van der Waals surface area contributed by atoms with Crippen LogP contribution in [0.3, 0.4) is 0 Å². The number of rotatable bonds is 6. The third-order valence-corrected chi connectivity index (χ3v) is 6.10. The molecule has 4 rings (SSSR count). The molecule has 1 aliphatic rings. The van der Waals surface area contributed by atoms with E-state index in [4.69, 9.17) is 0 Å². The van der Waals surface area contributed by atoms with E-state index < -0.39 is 0 Å². The topological polar surface area (TPSA) is 74.3 Å². The highest BCUT2D eigenvalue weighted by atomic mass is 16.2. The van der Waals surface area contributed by atoms with Crippen molar-refractivity contribution < 1.29 is 9.59 Å². The van der Waals surface area contributed by atoms with Gasteiger partial charge >= 0.3 is 0 Å². The molecule has 0 radical (unpaired) electrons. The fourth-order valence-electron chi connectivity index (χ4n) is 3.96. The molecule has 6 nitrogen and oxygen atoms in total. The Hall–Kier alpha value is -3.67. The average molecular weight is 443 g/mol. The molecule has 2 aromatic carbocycles. The van der Waals surface area contributed by atoms with Crippen molar-refractivity contribution in [2.24, 2.45) is 5.92 Å². The maximum atomic E-state index is 12.6. The molecule has 2 heterocycles. The molecule has 170 valence electrons. The molecular weight excluding hydrogens is 412 g/mol. The second-order valence-electron chi connectivity index (χ2n) is 8.69. The molecule has 1 saturated heterocycles. The lowest BCUT2D eigenvalue weighted by molar-refractivity contribution is -0.125. The lowest BCUT2D eigenvalue weighted by atomic mass is 9.95. The van der Waals surface area contributed by atoms with E-state index in [0.717, 1.165) is 48.6 Å². The fraction of sp³-hybridized carbons (Fsp3) is 0.296. The van der Waals surface area contributed by atoms with Gasteiger partial charge < -0.3 is 15.5 Å². The Balaban J connectivity index is 1.26. The third kappa shape index (κ3) is 5.98. The molecule has 1 fully saturated rings. The molecule has 0 bridgehead atoms. The standard InChI is InChI=1S/C27H30N4O2/c1-19-3-7-21(8-4-19)17-29-26(32)22-13-15-31(16-14-22)25-12-9-23(18-28-25)27(33)30-24-10-5-20(2)6-11-24/h3-12,18,22H,13-17H2,1-2H3,(H,29,32)(H,30,33). The minimum Gasteiger partial charge on any atom is -0.357 e. The number of carbonyl (C=O) groups excluding carboxylic acids is 2. The number of anilines is 2. The summed E-state index contributed by atoms with van der Waals surface area (Å²) in [6.07, 6.45) is 3.19. The van der Waals surface area contributed by atoms with Crippen LogP contribution in [-0.4, -0.2) is 29.9 Å². The zero-order chi connectivity index (χ0) is 23.2. The minimum atomic E-state index is -0.179. The predicted octanol–water partition coefficient (Wildman–Crippen LogP) is 4.48. The van der Waals surface area contributed by atoms with Gasteiger partial charge in [0.2, 0.25) is 5.91 Å². The predicted molar refractivity (Wildman–Crippen MR) is 131 cm³/mol. The lowest BCUT2D eigenvalue weighted by Crippen LogP contribution is -2.40. The second kappa shape index (κ2) is 10.3. The van der Waals surface area contributed by atoms with Crippen molar-refractivity contribution in [3.8, 4) is 0 Å². The Kier molecular flexibility index (Phi) is 7.03. The van der Waals surface area contributed by atoms with Crippen LogP contribution >= 0.6 is 0 Å².